The Morgan fingerprint density at radius 2 is 2.00 bits per heavy atom. The fourth-order valence-electron chi connectivity index (χ4n) is 2.02. The van der Waals surface area contributed by atoms with Crippen LogP contribution in [0.3, 0.4) is 0 Å². The normalized spacial score (nSPS) is 10.6. The van der Waals surface area contributed by atoms with E-state index in [1.54, 1.807) is 17.4 Å². The first-order valence-corrected chi connectivity index (χ1v) is 8.76. The number of aryl methyl sites for hydroxylation is 1. The van der Waals surface area contributed by atoms with Crippen LogP contribution in [-0.2, 0) is 16.2 Å². The molecule has 0 atom stereocenters. The second-order valence-electron chi connectivity index (χ2n) is 5.29. The highest BCUT2D eigenvalue weighted by Crippen LogP contribution is 2.21. The minimum atomic E-state index is -0.227. The summed E-state index contributed by atoms with van der Waals surface area (Å²) in [5.74, 6) is 0.344. The Hall–Kier alpha value is -2.67. The summed E-state index contributed by atoms with van der Waals surface area (Å²) in [6.07, 6.45) is 3.15. The van der Waals surface area contributed by atoms with Crippen LogP contribution in [-0.4, -0.2) is 29.9 Å². The number of aromatic nitrogens is 1. The molecule has 1 heterocycles. The number of amides is 2. The minimum absolute atomic E-state index is 0.119. The summed E-state index contributed by atoms with van der Waals surface area (Å²) in [6.45, 7) is 4.56. The van der Waals surface area contributed by atoms with Crippen LogP contribution in [0.5, 0.6) is 5.75 Å². The van der Waals surface area contributed by atoms with E-state index in [4.69, 9.17) is 4.74 Å². The van der Waals surface area contributed by atoms with E-state index in [9.17, 15) is 9.59 Å². The molecule has 1 aromatic carbocycles. The summed E-state index contributed by atoms with van der Waals surface area (Å²) < 4.78 is 5.81. The first kappa shape index (κ1) is 18.7. The van der Waals surface area contributed by atoms with Gasteiger partial charge in [0.2, 0.25) is 11.8 Å². The third-order valence-corrected chi connectivity index (χ3v) is 4.00. The van der Waals surface area contributed by atoms with Crippen LogP contribution in [0.1, 0.15) is 23.2 Å². The number of hydrogen-bond acceptors (Lipinski definition) is 5. The molecule has 0 unspecified atom stereocenters. The van der Waals surface area contributed by atoms with E-state index in [0.717, 1.165) is 16.3 Å². The maximum Gasteiger partial charge on any atom is 0.244 e. The average Bonchev–Trinajstić information content (AvgIpc) is 3.01. The number of carbonyl (C=O) groups is 2. The van der Waals surface area contributed by atoms with Gasteiger partial charge >= 0.3 is 0 Å². The molecule has 2 amide bonds. The fourth-order valence-corrected chi connectivity index (χ4v) is 2.62. The molecule has 0 radical (unpaired) electrons. The van der Waals surface area contributed by atoms with Crippen molar-refractivity contribution in [2.45, 2.75) is 20.5 Å². The highest BCUT2D eigenvalue weighted by Gasteiger charge is 2.04. The van der Waals surface area contributed by atoms with E-state index in [1.807, 2.05) is 36.6 Å². The lowest BCUT2D eigenvalue weighted by molar-refractivity contribution is -0.119. The highest BCUT2D eigenvalue weighted by atomic mass is 32.1. The maximum absolute atomic E-state index is 11.8. The summed E-state index contributed by atoms with van der Waals surface area (Å²) in [5, 5.41) is 8.28. The number of benzene rings is 1. The van der Waals surface area contributed by atoms with Gasteiger partial charge in [0.25, 0.3) is 0 Å². The van der Waals surface area contributed by atoms with Crippen molar-refractivity contribution >= 4 is 29.2 Å². The van der Waals surface area contributed by atoms with E-state index >= 15 is 0 Å². The van der Waals surface area contributed by atoms with Gasteiger partial charge in [-0.25, -0.2) is 4.98 Å². The molecule has 1 aromatic heterocycles. The average molecular weight is 359 g/mol. The predicted octanol–water partition coefficient (Wildman–Crippen LogP) is 2.30. The Morgan fingerprint density at radius 1 is 1.24 bits per heavy atom. The zero-order chi connectivity index (χ0) is 18.1. The van der Waals surface area contributed by atoms with Crippen molar-refractivity contribution in [3.63, 3.8) is 0 Å². The second kappa shape index (κ2) is 9.58. The quantitative estimate of drug-likeness (QED) is 0.560. The molecule has 0 bridgehead atoms. The molecule has 132 valence electrons. The van der Waals surface area contributed by atoms with Crippen molar-refractivity contribution in [3.8, 4) is 5.75 Å². The van der Waals surface area contributed by atoms with E-state index in [1.165, 1.54) is 13.0 Å². The molecule has 6 nitrogen and oxygen atoms in total. The molecule has 0 fully saturated rings. The molecular formula is C18H21N3O3S. The van der Waals surface area contributed by atoms with Crippen LogP contribution < -0.4 is 15.4 Å². The standard InChI is InChI=1S/C18H21N3O3S/c1-13(22)19-9-10-20-18(23)8-7-15-5-3-4-6-17(15)24-11-16-12-25-14(2)21-16/h3-8,12H,9-11H2,1-2H3,(H,19,22)(H,20,23)/b8-7+. The summed E-state index contributed by atoms with van der Waals surface area (Å²) in [4.78, 5) is 26.9. The van der Waals surface area contributed by atoms with E-state index < -0.39 is 0 Å². The first-order chi connectivity index (χ1) is 12.0. The van der Waals surface area contributed by atoms with Crippen molar-refractivity contribution < 1.29 is 14.3 Å². The van der Waals surface area contributed by atoms with Crippen molar-refractivity contribution in [3.05, 3.63) is 52.0 Å². The van der Waals surface area contributed by atoms with Gasteiger partial charge in [0.05, 0.1) is 10.7 Å². The van der Waals surface area contributed by atoms with E-state index in [-0.39, 0.29) is 11.8 Å². The molecule has 2 N–H and O–H groups in total. The monoisotopic (exact) mass is 359 g/mol. The van der Waals surface area contributed by atoms with Gasteiger partial charge in [0, 0.05) is 37.0 Å². The number of ether oxygens (including phenoxy) is 1. The number of thiazole rings is 1. The second-order valence-corrected chi connectivity index (χ2v) is 6.35. The molecule has 0 aliphatic rings. The number of nitrogens with one attached hydrogen (secondary N) is 2. The zero-order valence-corrected chi connectivity index (χ0v) is 15.1. The van der Waals surface area contributed by atoms with Crippen LogP contribution in [0, 0.1) is 6.92 Å². The maximum atomic E-state index is 11.8. The summed E-state index contributed by atoms with van der Waals surface area (Å²) in [6, 6.07) is 7.50. The number of nitrogens with zero attached hydrogens (tertiary/aromatic N) is 1. The van der Waals surface area contributed by atoms with Crippen LogP contribution in [0.2, 0.25) is 0 Å². The Labute approximate surface area is 150 Å². The van der Waals surface area contributed by atoms with Gasteiger partial charge in [-0.3, -0.25) is 9.59 Å². The summed E-state index contributed by atoms with van der Waals surface area (Å²) in [5.41, 5.74) is 1.70. The topological polar surface area (TPSA) is 80.3 Å². The zero-order valence-electron chi connectivity index (χ0n) is 14.2. The Morgan fingerprint density at radius 3 is 2.72 bits per heavy atom. The number of hydrogen-bond donors (Lipinski definition) is 2. The Kier molecular flexibility index (Phi) is 7.16. The van der Waals surface area contributed by atoms with E-state index in [2.05, 4.69) is 15.6 Å². The molecule has 2 aromatic rings. The van der Waals surface area contributed by atoms with Crippen LogP contribution in [0.15, 0.2) is 35.7 Å². The number of para-hydroxylation sites is 1. The third kappa shape index (κ3) is 6.76. The lowest BCUT2D eigenvalue weighted by Crippen LogP contribution is -2.32. The van der Waals surface area contributed by atoms with Crippen LogP contribution in [0.4, 0.5) is 0 Å². The van der Waals surface area contributed by atoms with Gasteiger partial charge in [-0.2, -0.15) is 0 Å². The fraction of sp³-hybridized carbons (Fsp3) is 0.278. The number of rotatable bonds is 8. The lowest BCUT2D eigenvalue weighted by atomic mass is 10.2. The largest absolute Gasteiger partial charge is 0.487 e. The first-order valence-electron chi connectivity index (χ1n) is 7.88. The molecule has 0 spiro atoms. The Bertz CT molecular complexity index is 756. The molecule has 0 aliphatic heterocycles. The molecular weight excluding hydrogens is 338 g/mol. The van der Waals surface area contributed by atoms with Crippen LogP contribution in [0.25, 0.3) is 6.08 Å². The minimum Gasteiger partial charge on any atom is -0.487 e. The Balaban J connectivity index is 1.88. The lowest BCUT2D eigenvalue weighted by Gasteiger charge is -2.08. The third-order valence-electron chi connectivity index (χ3n) is 3.17. The van der Waals surface area contributed by atoms with Gasteiger partial charge in [-0.05, 0) is 19.1 Å². The van der Waals surface area contributed by atoms with Gasteiger partial charge in [0.1, 0.15) is 12.4 Å². The molecule has 7 heteroatoms. The smallest absolute Gasteiger partial charge is 0.244 e. The molecule has 25 heavy (non-hydrogen) atoms. The van der Waals surface area contributed by atoms with Gasteiger partial charge in [0.15, 0.2) is 0 Å². The van der Waals surface area contributed by atoms with E-state index in [0.29, 0.717) is 25.4 Å². The molecule has 0 saturated carbocycles. The summed E-state index contributed by atoms with van der Waals surface area (Å²) >= 11 is 1.58. The van der Waals surface area contributed by atoms with Crippen LogP contribution >= 0.6 is 11.3 Å². The molecule has 0 saturated heterocycles. The van der Waals surface area contributed by atoms with Crippen molar-refractivity contribution in [2.75, 3.05) is 13.1 Å². The van der Waals surface area contributed by atoms with Crippen molar-refractivity contribution in [1.29, 1.82) is 0 Å². The van der Waals surface area contributed by atoms with Crippen molar-refractivity contribution in [2.24, 2.45) is 0 Å². The van der Waals surface area contributed by atoms with Gasteiger partial charge in [-0.15, -0.1) is 11.3 Å². The summed E-state index contributed by atoms with van der Waals surface area (Å²) in [7, 11) is 0. The molecule has 2 rings (SSSR count). The van der Waals surface area contributed by atoms with Gasteiger partial charge < -0.3 is 15.4 Å². The SMILES string of the molecule is CC(=O)NCCNC(=O)/C=C/c1ccccc1OCc1csc(C)n1. The van der Waals surface area contributed by atoms with Gasteiger partial charge in [-0.1, -0.05) is 18.2 Å². The predicted molar refractivity (Wildman–Crippen MR) is 98.4 cm³/mol. The van der Waals surface area contributed by atoms with Crippen molar-refractivity contribution in [1.82, 2.24) is 15.6 Å². The molecule has 0 aliphatic carbocycles. The number of carbonyl (C=O) groups excluding carboxylic acids is 2. The highest BCUT2D eigenvalue weighted by molar-refractivity contribution is 7.09.